The molecule has 9 heteroatoms. The van der Waals surface area contributed by atoms with Crippen LogP contribution in [0.5, 0.6) is 0 Å². The zero-order chi connectivity index (χ0) is 17.1. The van der Waals surface area contributed by atoms with Gasteiger partial charge in [-0.1, -0.05) is 0 Å². The summed E-state index contributed by atoms with van der Waals surface area (Å²) in [5.41, 5.74) is 0.617. The van der Waals surface area contributed by atoms with Crippen LogP contribution in [0, 0.1) is 0 Å². The van der Waals surface area contributed by atoms with Crippen molar-refractivity contribution in [3.63, 3.8) is 0 Å². The van der Waals surface area contributed by atoms with Crippen LogP contribution in [0.3, 0.4) is 0 Å². The monoisotopic (exact) mass is 414 g/mol. The van der Waals surface area contributed by atoms with Gasteiger partial charge in [0.05, 0.1) is 6.33 Å². The number of hydrogen-bond acceptors (Lipinski definition) is 4. The third-order valence-corrected chi connectivity index (χ3v) is 5.30. The molecular weight excluding hydrogens is 387 g/mol. The molecule has 2 aliphatic heterocycles. The van der Waals surface area contributed by atoms with Crippen molar-refractivity contribution in [2.75, 3.05) is 19.6 Å². The smallest absolute Gasteiger partial charge is 0.274 e. The Morgan fingerprint density at radius 2 is 2.11 bits per heavy atom. The molecule has 1 fully saturated rings. The summed E-state index contributed by atoms with van der Waals surface area (Å²) in [6.07, 6.45) is 12.8. The van der Waals surface area contributed by atoms with Gasteiger partial charge in [-0.3, -0.25) is 4.79 Å². The van der Waals surface area contributed by atoms with E-state index in [4.69, 9.17) is 0 Å². The van der Waals surface area contributed by atoms with E-state index >= 15 is 0 Å². The van der Waals surface area contributed by atoms with Gasteiger partial charge < -0.3 is 19.4 Å². The number of halogens is 2. The van der Waals surface area contributed by atoms with Crippen molar-refractivity contribution < 1.29 is 4.79 Å². The number of nitrogens with zero attached hydrogens (tertiary/aromatic N) is 5. The number of carbonyl (C=O) groups excluding carboxylic acids is 1. The lowest BCUT2D eigenvalue weighted by atomic mass is 9.99. The normalized spacial score (nSPS) is 19.4. The zero-order valence-electron chi connectivity index (χ0n) is 15.4. The lowest BCUT2D eigenvalue weighted by molar-refractivity contribution is 0.0589. The van der Waals surface area contributed by atoms with Crippen LogP contribution >= 0.6 is 24.8 Å². The fraction of sp³-hybridized carbons (Fsp3) is 0.611. The van der Waals surface area contributed by atoms with E-state index in [1.807, 2.05) is 18.7 Å². The van der Waals surface area contributed by atoms with Crippen LogP contribution in [-0.2, 0) is 19.5 Å². The van der Waals surface area contributed by atoms with Gasteiger partial charge in [-0.2, -0.15) is 0 Å². The molecular formula is C18H28Cl2N6O. The van der Waals surface area contributed by atoms with E-state index in [1.165, 1.54) is 6.42 Å². The minimum Gasteiger partial charge on any atom is -0.337 e. The number of carbonyl (C=O) groups is 1. The Bertz CT molecular complexity index is 694. The van der Waals surface area contributed by atoms with Gasteiger partial charge in [0.25, 0.3) is 5.91 Å². The van der Waals surface area contributed by atoms with E-state index in [0.717, 1.165) is 64.2 Å². The maximum atomic E-state index is 13.1. The SMILES string of the molecule is Cl.Cl.O=C(c1cn2c(n1)CCNCC2)N1CCCCC1CCn1ccnc1. The highest BCUT2D eigenvalue weighted by Gasteiger charge is 2.29. The average molecular weight is 415 g/mol. The van der Waals surface area contributed by atoms with E-state index in [1.54, 1.807) is 6.20 Å². The number of nitrogens with one attached hydrogen (secondary N) is 1. The Morgan fingerprint density at radius 1 is 1.22 bits per heavy atom. The summed E-state index contributed by atoms with van der Waals surface area (Å²) in [7, 11) is 0. The molecule has 7 nitrogen and oxygen atoms in total. The van der Waals surface area contributed by atoms with Gasteiger partial charge in [0.2, 0.25) is 0 Å². The first-order valence-electron chi connectivity index (χ1n) is 9.35. The second-order valence-corrected chi connectivity index (χ2v) is 6.97. The van der Waals surface area contributed by atoms with Crippen molar-refractivity contribution >= 4 is 30.7 Å². The third-order valence-electron chi connectivity index (χ3n) is 5.30. The number of likely N-dealkylation sites (tertiary alicyclic amines) is 1. The standard InChI is InChI=1S/C18H26N6O.2ClH/c25-18(16-13-23-12-8-19-6-4-17(23)21-16)24-9-2-1-3-15(24)5-10-22-11-7-20-14-22;;/h7,11,13-15,19H,1-6,8-10,12H2;2*1H. The topological polar surface area (TPSA) is 68.0 Å². The minimum absolute atomic E-state index is 0. The molecule has 0 aliphatic carbocycles. The molecule has 0 radical (unpaired) electrons. The highest BCUT2D eigenvalue weighted by Crippen LogP contribution is 2.22. The van der Waals surface area contributed by atoms with Crippen LogP contribution in [-0.4, -0.2) is 55.6 Å². The Labute approximate surface area is 172 Å². The molecule has 27 heavy (non-hydrogen) atoms. The molecule has 0 saturated carbocycles. The maximum absolute atomic E-state index is 13.1. The third kappa shape index (κ3) is 5.03. The number of fused-ring (bicyclic) bond motifs is 1. The number of hydrogen-bond donors (Lipinski definition) is 1. The molecule has 0 spiro atoms. The highest BCUT2D eigenvalue weighted by atomic mass is 35.5. The summed E-state index contributed by atoms with van der Waals surface area (Å²) in [4.78, 5) is 23.9. The van der Waals surface area contributed by atoms with Crippen molar-refractivity contribution in [2.24, 2.45) is 0 Å². The molecule has 1 N–H and O–H groups in total. The largest absolute Gasteiger partial charge is 0.337 e. The molecule has 150 valence electrons. The summed E-state index contributed by atoms with van der Waals surface area (Å²) in [5.74, 6) is 1.13. The van der Waals surface area contributed by atoms with Crippen LogP contribution in [0.15, 0.2) is 24.9 Å². The van der Waals surface area contributed by atoms with E-state index in [0.29, 0.717) is 11.7 Å². The fourth-order valence-corrected chi connectivity index (χ4v) is 3.91. The molecule has 1 saturated heterocycles. The number of amides is 1. The summed E-state index contributed by atoms with van der Waals surface area (Å²) < 4.78 is 4.22. The van der Waals surface area contributed by atoms with Crippen molar-refractivity contribution in [1.29, 1.82) is 0 Å². The second kappa shape index (κ2) is 10.1. The first kappa shape index (κ1) is 21.7. The van der Waals surface area contributed by atoms with E-state index < -0.39 is 0 Å². The number of aryl methyl sites for hydroxylation is 1. The molecule has 0 bridgehead atoms. The first-order valence-corrected chi connectivity index (χ1v) is 9.35. The number of rotatable bonds is 4. The van der Waals surface area contributed by atoms with Gasteiger partial charge in [0.1, 0.15) is 11.5 Å². The van der Waals surface area contributed by atoms with Crippen molar-refractivity contribution in [3.05, 3.63) is 36.4 Å². The van der Waals surface area contributed by atoms with E-state index in [9.17, 15) is 4.79 Å². The Hall–Kier alpha value is -1.57. The van der Waals surface area contributed by atoms with Gasteiger partial charge in [0.15, 0.2) is 0 Å². The summed E-state index contributed by atoms with van der Waals surface area (Å²) in [6, 6.07) is 0.298. The lowest BCUT2D eigenvalue weighted by Gasteiger charge is -2.35. The Kier molecular flexibility index (Phi) is 8.13. The Morgan fingerprint density at radius 3 is 2.93 bits per heavy atom. The van der Waals surface area contributed by atoms with Crippen LogP contribution in [0.4, 0.5) is 0 Å². The molecule has 1 unspecified atom stereocenters. The Balaban J connectivity index is 0.00000131. The molecule has 2 aromatic heterocycles. The fourth-order valence-electron chi connectivity index (χ4n) is 3.91. The predicted molar refractivity (Wildman–Crippen MR) is 109 cm³/mol. The number of imidazole rings is 2. The molecule has 0 aromatic carbocycles. The average Bonchev–Trinajstić information content (AvgIpc) is 3.25. The zero-order valence-corrected chi connectivity index (χ0v) is 17.1. The molecule has 2 aliphatic rings. The van der Waals surface area contributed by atoms with Crippen molar-refractivity contribution in [1.82, 2.24) is 29.3 Å². The summed E-state index contributed by atoms with van der Waals surface area (Å²) >= 11 is 0. The molecule has 1 amide bonds. The predicted octanol–water partition coefficient (Wildman–Crippen LogP) is 2.15. The molecule has 1 atom stereocenters. The molecule has 4 heterocycles. The summed E-state index contributed by atoms with van der Waals surface area (Å²) in [5, 5.41) is 3.37. The van der Waals surface area contributed by atoms with Gasteiger partial charge in [0, 0.05) is 63.8 Å². The van der Waals surface area contributed by atoms with Gasteiger partial charge in [-0.15, -0.1) is 24.8 Å². The van der Waals surface area contributed by atoms with Gasteiger partial charge in [-0.25, -0.2) is 9.97 Å². The van der Waals surface area contributed by atoms with Crippen LogP contribution in [0.1, 0.15) is 42.0 Å². The van der Waals surface area contributed by atoms with Crippen molar-refractivity contribution in [2.45, 2.75) is 51.2 Å². The summed E-state index contributed by atoms with van der Waals surface area (Å²) in [6.45, 7) is 4.51. The van der Waals surface area contributed by atoms with E-state index in [-0.39, 0.29) is 30.7 Å². The number of piperidine rings is 1. The van der Waals surface area contributed by atoms with Crippen LogP contribution in [0.2, 0.25) is 0 Å². The van der Waals surface area contributed by atoms with Gasteiger partial charge in [-0.05, 0) is 25.7 Å². The lowest BCUT2D eigenvalue weighted by Crippen LogP contribution is -2.44. The number of aromatic nitrogens is 4. The maximum Gasteiger partial charge on any atom is 0.274 e. The first-order chi connectivity index (χ1) is 12.3. The van der Waals surface area contributed by atoms with Gasteiger partial charge >= 0.3 is 0 Å². The molecule has 2 aromatic rings. The molecule has 4 rings (SSSR count). The highest BCUT2D eigenvalue weighted by molar-refractivity contribution is 5.92. The van der Waals surface area contributed by atoms with Crippen molar-refractivity contribution in [3.8, 4) is 0 Å². The quantitative estimate of drug-likeness (QED) is 0.831. The van der Waals surface area contributed by atoms with E-state index in [2.05, 4.69) is 29.3 Å². The van der Waals surface area contributed by atoms with Crippen LogP contribution < -0.4 is 5.32 Å². The minimum atomic E-state index is 0. The van der Waals surface area contributed by atoms with Crippen LogP contribution in [0.25, 0.3) is 0 Å². The second-order valence-electron chi connectivity index (χ2n) is 6.97.